The molecule has 4 nitrogen and oxygen atoms in total. The average Bonchev–Trinajstić information content (AvgIpc) is 2.40. The van der Waals surface area contributed by atoms with E-state index < -0.39 is 0 Å². The van der Waals surface area contributed by atoms with Crippen LogP contribution in [0.1, 0.15) is 22.4 Å². The molecule has 2 heterocycles. The van der Waals surface area contributed by atoms with Crippen molar-refractivity contribution in [1.82, 2.24) is 9.71 Å². The fourth-order valence-corrected chi connectivity index (χ4v) is 1.85. The molecule has 2 aromatic rings. The summed E-state index contributed by atoms with van der Waals surface area (Å²) in [5.41, 5.74) is 11.2. The summed E-state index contributed by atoms with van der Waals surface area (Å²) in [6.45, 7) is 7.80. The van der Waals surface area contributed by atoms with Crippen LogP contribution in [0, 0.1) is 27.7 Å². The number of rotatable bonds is 0. The Hall–Kier alpha value is -1.71. The Morgan fingerprint density at radius 1 is 1.07 bits per heavy atom. The second-order valence-electron chi connectivity index (χ2n) is 3.97. The third-order valence-electron chi connectivity index (χ3n) is 3.14. The Morgan fingerprint density at radius 2 is 1.67 bits per heavy atom. The summed E-state index contributed by atoms with van der Waals surface area (Å²) in [4.78, 5) is 4.46. The van der Waals surface area contributed by atoms with Gasteiger partial charge in [-0.15, -0.1) is 0 Å². The molecule has 80 valence electrons. The van der Waals surface area contributed by atoms with Gasteiger partial charge in [-0.05, 0) is 38.8 Å². The van der Waals surface area contributed by atoms with Gasteiger partial charge in [-0.2, -0.15) is 4.73 Å². The third kappa shape index (κ3) is 1.11. The van der Waals surface area contributed by atoms with Crippen molar-refractivity contribution in [2.75, 3.05) is 5.73 Å². The van der Waals surface area contributed by atoms with Gasteiger partial charge >= 0.3 is 0 Å². The molecule has 0 spiro atoms. The molecule has 0 aliphatic carbocycles. The number of hydrogen-bond acceptors (Lipinski definition) is 3. The lowest BCUT2D eigenvalue weighted by Crippen LogP contribution is -2.00. The summed E-state index contributed by atoms with van der Waals surface area (Å²) in [6.07, 6.45) is 0. The summed E-state index contributed by atoms with van der Waals surface area (Å²) in [5.74, 6) is 0.366. The van der Waals surface area contributed by atoms with Gasteiger partial charge in [0.15, 0.2) is 0 Å². The molecular weight excluding hydrogens is 190 g/mol. The lowest BCUT2D eigenvalue weighted by Gasteiger charge is -2.06. The van der Waals surface area contributed by atoms with E-state index in [-0.39, 0.29) is 0 Å². The van der Waals surface area contributed by atoms with Crippen molar-refractivity contribution in [3.8, 4) is 0 Å². The number of nitrogens with two attached hydrogens (primary N) is 1. The summed E-state index contributed by atoms with van der Waals surface area (Å²) in [7, 11) is 0. The molecule has 0 atom stereocenters. The first-order valence-electron chi connectivity index (χ1n) is 4.88. The predicted octanol–water partition coefficient (Wildman–Crippen LogP) is 2.09. The molecule has 0 fully saturated rings. The van der Waals surface area contributed by atoms with Gasteiger partial charge in [0.2, 0.25) is 0 Å². The van der Waals surface area contributed by atoms with E-state index in [4.69, 9.17) is 5.73 Å². The molecule has 4 heteroatoms. The number of nitrogen functional groups attached to an aromatic ring is 1. The molecule has 0 unspecified atom stereocenters. The Morgan fingerprint density at radius 3 is 2.27 bits per heavy atom. The fraction of sp³-hybridized carbons (Fsp3) is 0.364. The minimum atomic E-state index is 0.366. The Labute approximate surface area is 88.3 Å². The van der Waals surface area contributed by atoms with E-state index in [1.807, 2.05) is 27.7 Å². The minimum Gasteiger partial charge on any atom is -0.426 e. The summed E-state index contributed by atoms with van der Waals surface area (Å²) >= 11 is 0. The number of aromatic nitrogens is 2. The summed E-state index contributed by atoms with van der Waals surface area (Å²) < 4.78 is 1.03. The Kier molecular flexibility index (Phi) is 1.89. The number of pyridine rings is 1. The second kappa shape index (κ2) is 2.89. The van der Waals surface area contributed by atoms with E-state index >= 15 is 0 Å². The van der Waals surface area contributed by atoms with E-state index in [2.05, 4.69) is 4.98 Å². The standard InChI is InChI=1S/C11H15N3O/c1-5-6(2)10-9(13-8(5)4)7(3)11(12)14(10)15/h15H,12H2,1-4H3. The number of anilines is 1. The van der Waals surface area contributed by atoms with Gasteiger partial charge in [-0.3, -0.25) is 4.98 Å². The summed E-state index contributed by atoms with van der Waals surface area (Å²) in [6, 6.07) is 0. The normalized spacial score (nSPS) is 11.2. The number of hydrogen-bond donors (Lipinski definition) is 2. The topological polar surface area (TPSA) is 64.1 Å². The molecule has 0 saturated carbocycles. The SMILES string of the molecule is Cc1nc2c(C)c(N)n(O)c2c(C)c1C. The zero-order chi connectivity index (χ0) is 11.3. The number of nitrogens with zero attached hydrogens (tertiary/aromatic N) is 2. The quantitative estimate of drug-likeness (QED) is 0.647. The highest BCUT2D eigenvalue weighted by atomic mass is 16.5. The van der Waals surface area contributed by atoms with Crippen LogP contribution in [-0.2, 0) is 0 Å². The van der Waals surface area contributed by atoms with Crippen LogP contribution in [0.2, 0.25) is 0 Å². The van der Waals surface area contributed by atoms with Gasteiger partial charge in [-0.1, -0.05) is 0 Å². The molecule has 15 heavy (non-hydrogen) atoms. The van der Waals surface area contributed by atoms with Gasteiger partial charge < -0.3 is 10.9 Å². The molecule has 2 rings (SSSR count). The molecule has 0 aliphatic heterocycles. The minimum absolute atomic E-state index is 0.366. The fourth-order valence-electron chi connectivity index (χ4n) is 1.85. The van der Waals surface area contributed by atoms with Crippen LogP contribution in [-0.4, -0.2) is 14.9 Å². The average molecular weight is 205 g/mol. The molecule has 0 radical (unpaired) electrons. The van der Waals surface area contributed by atoms with E-state index in [1.165, 1.54) is 0 Å². The molecule has 0 bridgehead atoms. The zero-order valence-electron chi connectivity index (χ0n) is 9.42. The molecule has 0 saturated heterocycles. The lowest BCUT2D eigenvalue weighted by molar-refractivity contribution is 0.205. The summed E-state index contributed by atoms with van der Waals surface area (Å²) in [5, 5.41) is 9.83. The van der Waals surface area contributed by atoms with Crippen molar-refractivity contribution in [1.29, 1.82) is 0 Å². The maximum atomic E-state index is 9.83. The van der Waals surface area contributed by atoms with E-state index in [0.717, 1.165) is 32.6 Å². The molecule has 0 aromatic carbocycles. The van der Waals surface area contributed by atoms with Crippen molar-refractivity contribution in [2.24, 2.45) is 0 Å². The van der Waals surface area contributed by atoms with Crippen LogP contribution in [0.5, 0.6) is 0 Å². The van der Waals surface area contributed by atoms with Crippen molar-refractivity contribution >= 4 is 16.9 Å². The number of fused-ring (bicyclic) bond motifs is 1. The molecule has 0 aliphatic rings. The Balaban J connectivity index is 3.06. The van der Waals surface area contributed by atoms with Crippen LogP contribution in [0.15, 0.2) is 0 Å². The number of aryl methyl sites for hydroxylation is 3. The lowest BCUT2D eigenvalue weighted by atomic mass is 10.1. The van der Waals surface area contributed by atoms with E-state index in [9.17, 15) is 5.21 Å². The predicted molar refractivity (Wildman–Crippen MR) is 60.3 cm³/mol. The molecule has 3 N–H and O–H groups in total. The van der Waals surface area contributed by atoms with Crippen LogP contribution in [0.25, 0.3) is 11.0 Å². The zero-order valence-corrected chi connectivity index (χ0v) is 9.42. The first-order chi connectivity index (χ1) is 6.95. The third-order valence-corrected chi connectivity index (χ3v) is 3.14. The first-order valence-corrected chi connectivity index (χ1v) is 4.88. The van der Waals surface area contributed by atoms with E-state index in [0.29, 0.717) is 11.3 Å². The smallest absolute Gasteiger partial charge is 0.145 e. The molecular formula is C11H15N3O. The highest BCUT2D eigenvalue weighted by molar-refractivity contribution is 5.88. The van der Waals surface area contributed by atoms with Crippen LogP contribution >= 0.6 is 0 Å². The maximum Gasteiger partial charge on any atom is 0.145 e. The molecule has 2 aromatic heterocycles. The van der Waals surface area contributed by atoms with Crippen molar-refractivity contribution in [3.63, 3.8) is 0 Å². The van der Waals surface area contributed by atoms with Gasteiger partial charge in [-0.25, -0.2) is 0 Å². The maximum absolute atomic E-state index is 9.83. The van der Waals surface area contributed by atoms with Crippen molar-refractivity contribution < 1.29 is 5.21 Å². The van der Waals surface area contributed by atoms with Crippen LogP contribution in [0.3, 0.4) is 0 Å². The first kappa shape index (κ1) is 9.83. The van der Waals surface area contributed by atoms with Gasteiger partial charge in [0.05, 0.1) is 5.52 Å². The molecule has 0 amide bonds. The second-order valence-corrected chi connectivity index (χ2v) is 3.97. The Bertz CT molecular complexity index is 555. The largest absolute Gasteiger partial charge is 0.426 e. The highest BCUT2D eigenvalue weighted by Gasteiger charge is 2.16. The van der Waals surface area contributed by atoms with Gasteiger partial charge in [0.1, 0.15) is 11.3 Å². The van der Waals surface area contributed by atoms with Crippen molar-refractivity contribution in [2.45, 2.75) is 27.7 Å². The van der Waals surface area contributed by atoms with E-state index in [1.54, 1.807) is 0 Å². The van der Waals surface area contributed by atoms with Crippen LogP contribution in [0.4, 0.5) is 5.82 Å². The van der Waals surface area contributed by atoms with Crippen LogP contribution < -0.4 is 5.73 Å². The van der Waals surface area contributed by atoms with Gasteiger partial charge in [0, 0.05) is 11.3 Å². The van der Waals surface area contributed by atoms with Crippen molar-refractivity contribution in [3.05, 3.63) is 22.4 Å². The van der Waals surface area contributed by atoms with Gasteiger partial charge in [0.25, 0.3) is 0 Å². The highest BCUT2D eigenvalue weighted by Crippen LogP contribution is 2.29. The monoisotopic (exact) mass is 205 g/mol.